The van der Waals surface area contributed by atoms with Crippen LogP contribution < -0.4 is 20.1 Å². The first kappa shape index (κ1) is 20.7. The Bertz CT molecular complexity index is 540. The van der Waals surface area contributed by atoms with Crippen LogP contribution in [0.5, 0.6) is 11.5 Å². The van der Waals surface area contributed by atoms with Gasteiger partial charge in [-0.15, -0.1) is 24.0 Å². The van der Waals surface area contributed by atoms with Crippen molar-refractivity contribution >= 4 is 29.9 Å². The zero-order valence-corrected chi connectivity index (χ0v) is 16.2. The Hall–Kier alpha value is -1.32. The zero-order chi connectivity index (χ0) is 16.7. The molecule has 8 heteroatoms. The number of hydrogen-bond acceptors (Lipinski definition) is 3. The Morgan fingerprint density at radius 1 is 1.33 bits per heavy atom. The van der Waals surface area contributed by atoms with Crippen molar-refractivity contribution in [3.8, 4) is 11.5 Å². The Morgan fingerprint density at radius 3 is 2.67 bits per heavy atom. The number of halogens is 3. The molecule has 1 aromatic rings. The Kier molecular flexibility index (Phi) is 9.09. The average Bonchev–Trinajstić information content (AvgIpc) is 3.31. The maximum atomic E-state index is 12.7. The molecule has 0 bridgehead atoms. The van der Waals surface area contributed by atoms with Gasteiger partial charge in [-0.05, 0) is 32.8 Å². The van der Waals surface area contributed by atoms with Crippen molar-refractivity contribution in [3.05, 3.63) is 23.8 Å². The van der Waals surface area contributed by atoms with Gasteiger partial charge in [-0.3, -0.25) is 0 Å². The lowest BCUT2D eigenvalue weighted by Crippen LogP contribution is -2.38. The van der Waals surface area contributed by atoms with Gasteiger partial charge < -0.3 is 20.1 Å². The van der Waals surface area contributed by atoms with Crippen molar-refractivity contribution in [2.75, 3.05) is 13.2 Å². The number of para-hydroxylation sites is 1. The number of rotatable bonds is 8. The number of nitrogens with one attached hydrogen (secondary N) is 2. The predicted octanol–water partition coefficient (Wildman–Crippen LogP) is 3.52. The second kappa shape index (κ2) is 10.5. The SMILES string of the molecule is CCNC(=NCc1cccc(OCC)c1OC(F)F)NC1CC1.I. The van der Waals surface area contributed by atoms with E-state index in [1.54, 1.807) is 25.1 Å². The Balaban J connectivity index is 0.00000288. The van der Waals surface area contributed by atoms with Gasteiger partial charge in [0.2, 0.25) is 0 Å². The fourth-order valence-electron chi connectivity index (χ4n) is 2.08. The highest BCUT2D eigenvalue weighted by atomic mass is 127. The summed E-state index contributed by atoms with van der Waals surface area (Å²) in [7, 11) is 0. The normalized spacial score (nSPS) is 14.1. The van der Waals surface area contributed by atoms with Crippen LogP contribution in [0.2, 0.25) is 0 Å². The number of benzene rings is 1. The summed E-state index contributed by atoms with van der Waals surface area (Å²) < 4.78 is 35.4. The number of nitrogens with zero attached hydrogens (tertiary/aromatic N) is 1. The molecule has 5 nitrogen and oxygen atoms in total. The van der Waals surface area contributed by atoms with Crippen molar-refractivity contribution in [1.82, 2.24) is 10.6 Å². The molecule has 2 N–H and O–H groups in total. The third kappa shape index (κ3) is 6.66. The topological polar surface area (TPSA) is 54.9 Å². The summed E-state index contributed by atoms with van der Waals surface area (Å²) in [5, 5.41) is 6.42. The van der Waals surface area contributed by atoms with E-state index in [9.17, 15) is 8.78 Å². The summed E-state index contributed by atoms with van der Waals surface area (Å²) in [5.74, 6) is 1.04. The summed E-state index contributed by atoms with van der Waals surface area (Å²) in [4.78, 5) is 4.45. The molecule has 0 amide bonds. The second-order valence-electron chi connectivity index (χ2n) is 5.17. The lowest BCUT2D eigenvalue weighted by Gasteiger charge is -2.15. The largest absolute Gasteiger partial charge is 0.490 e. The molecule has 1 aliphatic rings. The standard InChI is InChI=1S/C16H23F2N3O2.HI/c1-3-19-16(21-12-8-9-12)20-10-11-6-5-7-13(22-4-2)14(11)23-15(17)18;/h5-7,12,15H,3-4,8-10H2,1-2H3,(H2,19,20,21);1H. The Morgan fingerprint density at radius 2 is 2.08 bits per heavy atom. The minimum absolute atomic E-state index is 0. The minimum atomic E-state index is -2.91. The van der Waals surface area contributed by atoms with E-state index >= 15 is 0 Å². The molecule has 1 aliphatic carbocycles. The van der Waals surface area contributed by atoms with Crippen LogP contribution in [-0.2, 0) is 6.54 Å². The van der Waals surface area contributed by atoms with Crippen molar-refractivity contribution in [2.45, 2.75) is 45.9 Å². The molecule has 136 valence electrons. The highest BCUT2D eigenvalue weighted by Gasteiger charge is 2.22. The first-order chi connectivity index (χ1) is 11.1. The highest BCUT2D eigenvalue weighted by molar-refractivity contribution is 14.0. The van der Waals surface area contributed by atoms with Gasteiger partial charge in [0.1, 0.15) is 0 Å². The van der Waals surface area contributed by atoms with Gasteiger partial charge in [0, 0.05) is 18.2 Å². The van der Waals surface area contributed by atoms with Crippen molar-refractivity contribution < 1.29 is 18.3 Å². The maximum absolute atomic E-state index is 12.7. The second-order valence-corrected chi connectivity index (χ2v) is 5.17. The fraction of sp³-hybridized carbons (Fsp3) is 0.562. The quantitative estimate of drug-likeness (QED) is 0.358. The molecule has 0 aliphatic heterocycles. The van der Waals surface area contributed by atoms with Crippen molar-refractivity contribution in [3.63, 3.8) is 0 Å². The third-order valence-corrected chi connectivity index (χ3v) is 3.24. The molecule has 0 radical (unpaired) electrons. The third-order valence-electron chi connectivity index (χ3n) is 3.24. The molecule has 0 spiro atoms. The Labute approximate surface area is 158 Å². The molecular formula is C16H24F2IN3O2. The molecular weight excluding hydrogens is 431 g/mol. The van der Waals surface area contributed by atoms with Crippen molar-refractivity contribution in [2.24, 2.45) is 4.99 Å². The van der Waals surface area contributed by atoms with Gasteiger partial charge in [0.15, 0.2) is 17.5 Å². The number of guanidine groups is 1. The average molecular weight is 455 g/mol. The number of alkyl halides is 2. The molecule has 0 atom stereocenters. The first-order valence-electron chi connectivity index (χ1n) is 7.88. The van der Waals surface area contributed by atoms with Gasteiger partial charge in [0.25, 0.3) is 0 Å². The minimum Gasteiger partial charge on any atom is -0.490 e. The molecule has 1 aromatic carbocycles. The maximum Gasteiger partial charge on any atom is 0.387 e. The van der Waals surface area contributed by atoms with E-state index in [1.807, 2.05) is 6.92 Å². The number of ether oxygens (including phenoxy) is 2. The van der Waals surface area contributed by atoms with Crippen LogP contribution in [0.4, 0.5) is 8.78 Å². The number of aliphatic imine (C=N–C) groups is 1. The highest BCUT2D eigenvalue weighted by Crippen LogP contribution is 2.33. The van der Waals surface area contributed by atoms with E-state index in [0.717, 1.165) is 19.4 Å². The van der Waals surface area contributed by atoms with Crippen molar-refractivity contribution in [1.29, 1.82) is 0 Å². The predicted molar refractivity (Wildman–Crippen MR) is 101 cm³/mol. The van der Waals surface area contributed by atoms with Crippen LogP contribution in [0.3, 0.4) is 0 Å². The van der Waals surface area contributed by atoms with Gasteiger partial charge in [0.05, 0.1) is 13.2 Å². The summed E-state index contributed by atoms with van der Waals surface area (Å²) >= 11 is 0. The molecule has 0 saturated heterocycles. The van der Waals surface area contributed by atoms with Crippen LogP contribution in [0, 0.1) is 0 Å². The van der Waals surface area contributed by atoms with Gasteiger partial charge in [-0.2, -0.15) is 8.78 Å². The monoisotopic (exact) mass is 455 g/mol. The lowest BCUT2D eigenvalue weighted by molar-refractivity contribution is -0.0520. The molecule has 1 fully saturated rings. The molecule has 24 heavy (non-hydrogen) atoms. The van der Waals surface area contributed by atoms with E-state index in [1.165, 1.54) is 0 Å². The molecule has 0 aromatic heterocycles. The molecule has 0 unspecified atom stereocenters. The summed E-state index contributed by atoms with van der Waals surface area (Å²) in [6, 6.07) is 5.53. The summed E-state index contributed by atoms with van der Waals surface area (Å²) in [5.41, 5.74) is 0.559. The van der Waals surface area contributed by atoms with Crippen LogP contribution in [0.25, 0.3) is 0 Å². The molecule has 2 rings (SSSR count). The molecule has 0 heterocycles. The van der Waals surface area contributed by atoms with E-state index in [4.69, 9.17) is 4.74 Å². The van der Waals surface area contributed by atoms with Gasteiger partial charge in [-0.25, -0.2) is 4.99 Å². The van der Waals surface area contributed by atoms with E-state index in [-0.39, 0.29) is 36.3 Å². The van der Waals surface area contributed by atoms with Crippen LogP contribution in [0.1, 0.15) is 32.3 Å². The molecule has 1 saturated carbocycles. The lowest BCUT2D eigenvalue weighted by atomic mass is 10.2. The van der Waals surface area contributed by atoms with E-state index in [2.05, 4.69) is 20.4 Å². The van der Waals surface area contributed by atoms with Crippen LogP contribution in [0.15, 0.2) is 23.2 Å². The van der Waals surface area contributed by atoms with Crippen LogP contribution >= 0.6 is 24.0 Å². The summed E-state index contributed by atoms with van der Waals surface area (Å²) in [6.07, 6.45) is 2.26. The van der Waals surface area contributed by atoms with Gasteiger partial charge in [-0.1, -0.05) is 12.1 Å². The zero-order valence-electron chi connectivity index (χ0n) is 13.9. The van der Waals surface area contributed by atoms with Gasteiger partial charge >= 0.3 is 6.61 Å². The van der Waals surface area contributed by atoms with Crippen LogP contribution in [-0.4, -0.2) is 31.8 Å². The van der Waals surface area contributed by atoms with E-state index < -0.39 is 6.61 Å². The number of hydrogen-bond donors (Lipinski definition) is 2. The summed E-state index contributed by atoms with van der Waals surface area (Å²) in [6.45, 7) is 2.20. The first-order valence-corrected chi connectivity index (χ1v) is 7.88. The van der Waals surface area contributed by atoms with E-state index in [0.29, 0.717) is 29.9 Å². The smallest absolute Gasteiger partial charge is 0.387 e. The fourth-order valence-corrected chi connectivity index (χ4v) is 2.08.